The van der Waals surface area contributed by atoms with Crippen LogP contribution >= 0.6 is 0 Å². The van der Waals surface area contributed by atoms with Crippen molar-refractivity contribution in [3.63, 3.8) is 0 Å². The smallest absolute Gasteiger partial charge is 0.462 e. The van der Waals surface area contributed by atoms with Gasteiger partial charge in [0.25, 0.3) is 0 Å². The van der Waals surface area contributed by atoms with E-state index in [1.54, 1.807) is 24.3 Å². The molecule has 3 aromatic carbocycles. The molecule has 1 unspecified atom stereocenters. The first-order valence-corrected chi connectivity index (χ1v) is 14.9. The molecular formula is C33H29F11O6. The summed E-state index contributed by atoms with van der Waals surface area (Å²) in [6.07, 6.45) is -14.6. The normalized spacial score (nSPS) is 13.8. The average Bonchev–Trinajstić information content (AvgIpc) is 3.04. The summed E-state index contributed by atoms with van der Waals surface area (Å²) in [6.45, 7) is 2.70. The Morgan fingerprint density at radius 1 is 0.560 bits per heavy atom. The lowest BCUT2D eigenvalue weighted by Crippen LogP contribution is -2.62. The van der Waals surface area contributed by atoms with Crippen LogP contribution in [0.15, 0.2) is 72.8 Å². The summed E-state index contributed by atoms with van der Waals surface area (Å²) >= 11 is 0. The van der Waals surface area contributed by atoms with Gasteiger partial charge in [-0.1, -0.05) is 63.3 Å². The number of carbonyl (C=O) groups excluding carboxylic acids is 2. The fraction of sp³-hybridized carbons (Fsp3) is 0.394. The van der Waals surface area contributed by atoms with Gasteiger partial charge in [0.15, 0.2) is 0 Å². The number of carbonyl (C=O) groups is 2. The standard InChI is InChI=1S/C33H29F11O6/c1-2-3-4-5-6-7-20-47-24-16-18-25(19-17-24)48-27(45)23-10-8-21(9-11-23)22-12-14-26(15-13-22)49-28(46)29(34,31(37,38)39)50-33(43,44)30(35,36)32(40,41)42/h8-19H,2-7,20H2,1H3. The predicted molar refractivity (Wildman–Crippen MR) is 155 cm³/mol. The van der Waals surface area contributed by atoms with Crippen LogP contribution in [0, 0.1) is 0 Å². The lowest BCUT2D eigenvalue weighted by Gasteiger charge is -2.33. The topological polar surface area (TPSA) is 71.1 Å². The molecular weight excluding hydrogens is 701 g/mol. The van der Waals surface area contributed by atoms with Gasteiger partial charge in [-0.15, -0.1) is 0 Å². The molecule has 0 aliphatic carbocycles. The van der Waals surface area contributed by atoms with E-state index in [0.29, 0.717) is 17.9 Å². The van der Waals surface area contributed by atoms with Crippen LogP contribution in [-0.4, -0.2) is 48.8 Å². The molecule has 3 aromatic rings. The SMILES string of the molecule is CCCCCCCCOc1ccc(OC(=O)c2ccc(-c3ccc(OC(=O)C(F)(OC(F)(F)C(F)(F)C(F)(F)F)C(F)(F)F)cc3)cc2)cc1. The molecule has 0 saturated heterocycles. The Hall–Kier alpha value is -4.41. The lowest BCUT2D eigenvalue weighted by molar-refractivity contribution is -0.474. The zero-order chi connectivity index (χ0) is 37.4. The molecule has 0 aliphatic rings. The second kappa shape index (κ2) is 16.1. The summed E-state index contributed by atoms with van der Waals surface area (Å²) in [5.41, 5.74) is 0.747. The molecule has 0 saturated carbocycles. The molecule has 6 nitrogen and oxygen atoms in total. The van der Waals surface area contributed by atoms with Gasteiger partial charge in [-0.3, -0.25) is 4.74 Å². The highest BCUT2D eigenvalue weighted by Gasteiger charge is 2.80. The molecule has 0 spiro atoms. The summed E-state index contributed by atoms with van der Waals surface area (Å²) < 4.78 is 161. The van der Waals surface area contributed by atoms with Crippen molar-refractivity contribution in [3.8, 4) is 28.4 Å². The highest BCUT2D eigenvalue weighted by atomic mass is 19.4. The van der Waals surface area contributed by atoms with Crippen LogP contribution in [0.2, 0.25) is 0 Å². The molecule has 0 aliphatic heterocycles. The minimum absolute atomic E-state index is 0.113. The first-order valence-electron chi connectivity index (χ1n) is 14.9. The van der Waals surface area contributed by atoms with Gasteiger partial charge < -0.3 is 14.2 Å². The molecule has 0 amide bonds. The molecule has 0 aromatic heterocycles. The number of hydrogen-bond acceptors (Lipinski definition) is 6. The summed E-state index contributed by atoms with van der Waals surface area (Å²) in [4.78, 5) is 24.5. The van der Waals surface area contributed by atoms with Gasteiger partial charge in [-0.05, 0) is 66.1 Å². The van der Waals surface area contributed by atoms with Crippen LogP contribution in [-0.2, 0) is 9.53 Å². The minimum atomic E-state index is -7.33. The maximum Gasteiger partial charge on any atom is 0.462 e. The van der Waals surface area contributed by atoms with Crippen molar-refractivity contribution >= 4 is 11.9 Å². The molecule has 1 atom stereocenters. The molecule has 0 N–H and O–H groups in total. The van der Waals surface area contributed by atoms with Crippen molar-refractivity contribution in [2.75, 3.05) is 6.61 Å². The van der Waals surface area contributed by atoms with E-state index in [1.807, 2.05) is 0 Å². The van der Waals surface area contributed by atoms with Gasteiger partial charge in [0, 0.05) is 0 Å². The number of rotatable bonds is 16. The predicted octanol–water partition coefficient (Wildman–Crippen LogP) is 10.3. The summed E-state index contributed by atoms with van der Waals surface area (Å²) in [5.74, 6) is -18.0. The molecule has 17 heteroatoms. The number of benzene rings is 3. The summed E-state index contributed by atoms with van der Waals surface area (Å²) in [5, 5.41) is 0. The van der Waals surface area contributed by atoms with Crippen molar-refractivity contribution in [2.24, 2.45) is 0 Å². The van der Waals surface area contributed by atoms with Gasteiger partial charge in [0.1, 0.15) is 17.2 Å². The third-order valence-electron chi connectivity index (χ3n) is 6.94. The number of hydrogen-bond donors (Lipinski definition) is 0. The lowest BCUT2D eigenvalue weighted by atomic mass is 10.0. The largest absolute Gasteiger partial charge is 0.494 e. The third-order valence-corrected chi connectivity index (χ3v) is 6.94. The van der Waals surface area contributed by atoms with Crippen molar-refractivity contribution in [1.82, 2.24) is 0 Å². The number of ether oxygens (including phenoxy) is 4. The second-order valence-corrected chi connectivity index (χ2v) is 10.8. The first-order chi connectivity index (χ1) is 23.2. The van der Waals surface area contributed by atoms with E-state index in [2.05, 4.69) is 16.4 Å². The average molecular weight is 731 g/mol. The second-order valence-electron chi connectivity index (χ2n) is 10.8. The number of alkyl halides is 11. The fourth-order valence-electron chi connectivity index (χ4n) is 4.15. The quantitative estimate of drug-likeness (QED) is 0.0633. The maximum atomic E-state index is 14.4. The Balaban J connectivity index is 1.60. The van der Waals surface area contributed by atoms with E-state index in [9.17, 15) is 57.9 Å². The van der Waals surface area contributed by atoms with E-state index in [0.717, 1.165) is 43.5 Å². The van der Waals surface area contributed by atoms with E-state index in [-0.39, 0.29) is 16.9 Å². The summed E-state index contributed by atoms with van der Waals surface area (Å²) in [7, 11) is 0. The Morgan fingerprint density at radius 3 is 1.54 bits per heavy atom. The van der Waals surface area contributed by atoms with Crippen molar-refractivity contribution in [2.45, 2.75) is 75.7 Å². The van der Waals surface area contributed by atoms with E-state index >= 15 is 0 Å². The van der Waals surface area contributed by atoms with Gasteiger partial charge in [0.05, 0.1) is 12.2 Å². The van der Waals surface area contributed by atoms with E-state index in [1.165, 1.54) is 43.5 Å². The van der Waals surface area contributed by atoms with Crippen LogP contribution in [0.3, 0.4) is 0 Å². The molecule has 50 heavy (non-hydrogen) atoms. The zero-order valence-electron chi connectivity index (χ0n) is 26.0. The first kappa shape index (κ1) is 40.0. The highest BCUT2D eigenvalue weighted by molar-refractivity contribution is 5.91. The third kappa shape index (κ3) is 9.85. The Kier molecular flexibility index (Phi) is 12.9. The van der Waals surface area contributed by atoms with E-state index in [4.69, 9.17) is 9.47 Å². The van der Waals surface area contributed by atoms with Gasteiger partial charge in [-0.25, -0.2) is 9.59 Å². The molecule has 3 rings (SSSR count). The van der Waals surface area contributed by atoms with Gasteiger partial charge >= 0.3 is 42.2 Å². The monoisotopic (exact) mass is 730 g/mol. The number of halogens is 11. The van der Waals surface area contributed by atoms with Gasteiger partial charge in [0.2, 0.25) is 0 Å². The fourth-order valence-corrected chi connectivity index (χ4v) is 4.15. The van der Waals surface area contributed by atoms with Crippen molar-refractivity contribution < 1.29 is 76.8 Å². The minimum Gasteiger partial charge on any atom is -0.494 e. The molecule has 274 valence electrons. The van der Waals surface area contributed by atoms with Crippen molar-refractivity contribution in [3.05, 3.63) is 78.4 Å². The summed E-state index contributed by atoms with van der Waals surface area (Å²) in [6, 6.07) is 15.6. The molecule has 0 fully saturated rings. The zero-order valence-corrected chi connectivity index (χ0v) is 26.0. The van der Waals surface area contributed by atoms with E-state index < -0.39 is 47.9 Å². The van der Waals surface area contributed by atoms with Crippen LogP contribution in [0.4, 0.5) is 48.3 Å². The van der Waals surface area contributed by atoms with Gasteiger partial charge in [-0.2, -0.15) is 48.3 Å². The van der Waals surface area contributed by atoms with Crippen LogP contribution in [0.1, 0.15) is 55.8 Å². The Labute approximate surface area is 278 Å². The Bertz CT molecular complexity index is 1560. The Morgan fingerprint density at radius 2 is 1.02 bits per heavy atom. The van der Waals surface area contributed by atoms with Crippen LogP contribution < -0.4 is 14.2 Å². The molecule has 0 heterocycles. The molecule has 0 radical (unpaired) electrons. The number of esters is 2. The highest BCUT2D eigenvalue weighted by Crippen LogP contribution is 2.51. The maximum absolute atomic E-state index is 14.4. The number of unbranched alkanes of at least 4 members (excludes halogenated alkanes) is 5. The van der Waals surface area contributed by atoms with Crippen LogP contribution in [0.25, 0.3) is 11.1 Å². The molecule has 0 bridgehead atoms. The van der Waals surface area contributed by atoms with Crippen LogP contribution in [0.5, 0.6) is 17.2 Å². The van der Waals surface area contributed by atoms with Crippen molar-refractivity contribution in [1.29, 1.82) is 0 Å².